The van der Waals surface area contributed by atoms with Gasteiger partial charge in [0.05, 0.1) is 0 Å². The van der Waals surface area contributed by atoms with Crippen LogP contribution in [0.3, 0.4) is 0 Å². The minimum atomic E-state index is 0. The molecule has 0 aromatic carbocycles. The van der Waals surface area contributed by atoms with Crippen LogP contribution in [0.15, 0.2) is 0 Å². The van der Waals surface area contributed by atoms with Crippen molar-refractivity contribution in [3.8, 4) is 0 Å². The van der Waals surface area contributed by atoms with Crippen molar-refractivity contribution in [1.29, 1.82) is 0 Å². The van der Waals surface area contributed by atoms with Gasteiger partial charge >= 0.3 is 18.9 Å². The molecule has 0 aliphatic heterocycles. The summed E-state index contributed by atoms with van der Waals surface area (Å²) >= 11 is 0. The van der Waals surface area contributed by atoms with E-state index in [-0.39, 0.29) is 49.9 Å². The Morgan fingerprint density at radius 2 is 1.00 bits per heavy atom. The molecule has 0 rings (SSSR count). The first-order valence-corrected chi connectivity index (χ1v) is 0. The van der Waals surface area contributed by atoms with E-state index in [4.69, 9.17) is 0 Å². The Balaban J connectivity index is 0. The van der Waals surface area contributed by atoms with Crippen molar-refractivity contribution in [1.82, 2.24) is 0 Å². The molecule has 0 heterocycles. The van der Waals surface area contributed by atoms with Crippen molar-refractivity contribution in [3.63, 3.8) is 0 Å². The first-order valence-electron chi connectivity index (χ1n) is 0. The zero-order chi connectivity index (χ0) is 0. The van der Waals surface area contributed by atoms with E-state index in [0.29, 0.717) is 0 Å². The number of hydrogen-bond acceptors (Lipinski definition) is 0. The monoisotopic (exact) mass is 49.1 g/mol. The first-order chi connectivity index (χ1) is 0. The molecule has 3 heteroatoms. The molecule has 0 nitrogen and oxygen atoms in total. The zero-order valence-corrected chi connectivity index (χ0v) is 2.38. The SMILES string of the molecule is C.[F-].[Li+].[Li]. The summed E-state index contributed by atoms with van der Waals surface area (Å²) in [5, 5.41) is 0. The second-order valence-electron chi connectivity index (χ2n) is 0. The van der Waals surface area contributed by atoms with E-state index in [0.717, 1.165) is 0 Å². The van der Waals surface area contributed by atoms with E-state index in [1.165, 1.54) is 0 Å². The number of rotatable bonds is 0. The van der Waals surface area contributed by atoms with E-state index in [1.807, 2.05) is 0 Å². The third-order valence-electron chi connectivity index (χ3n) is 0. The summed E-state index contributed by atoms with van der Waals surface area (Å²) in [4.78, 5) is 0. The van der Waals surface area contributed by atoms with E-state index in [2.05, 4.69) is 0 Å². The molecule has 17 valence electrons. The Labute approximate surface area is 50.1 Å². The molecule has 0 bridgehead atoms. The largest absolute Gasteiger partial charge is 1.00 e. The van der Waals surface area contributed by atoms with Crippen LogP contribution >= 0.6 is 0 Å². The summed E-state index contributed by atoms with van der Waals surface area (Å²) in [7, 11) is 0. The van der Waals surface area contributed by atoms with Crippen molar-refractivity contribution >= 4 is 18.9 Å². The van der Waals surface area contributed by atoms with Crippen LogP contribution in [0.1, 0.15) is 7.43 Å². The molecule has 0 aliphatic rings. The summed E-state index contributed by atoms with van der Waals surface area (Å²) in [5.74, 6) is 0. The van der Waals surface area contributed by atoms with E-state index in [1.54, 1.807) is 0 Å². The van der Waals surface area contributed by atoms with Gasteiger partial charge in [0.25, 0.3) is 0 Å². The average molecular weight is 48.9 g/mol. The van der Waals surface area contributed by atoms with Crippen molar-refractivity contribution in [2.75, 3.05) is 0 Å². The quantitative estimate of drug-likeness (QED) is 0.240. The predicted octanol–water partition coefficient (Wildman–Crippen LogP) is -5.74. The van der Waals surface area contributed by atoms with Gasteiger partial charge in [0.15, 0.2) is 0 Å². The Morgan fingerprint density at radius 3 is 1.00 bits per heavy atom. The molecular formula is CH4FLi2. The summed E-state index contributed by atoms with van der Waals surface area (Å²) in [6.07, 6.45) is 0. The van der Waals surface area contributed by atoms with Crippen molar-refractivity contribution < 1.29 is 23.6 Å². The summed E-state index contributed by atoms with van der Waals surface area (Å²) in [5.41, 5.74) is 0. The molecule has 0 aliphatic carbocycles. The molecule has 0 saturated heterocycles. The topological polar surface area (TPSA) is 0 Å². The minimum absolute atomic E-state index is 0. The van der Waals surface area contributed by atoms with Gasteiger partial charge in [0, 0.05) is 18.9 Å². The molecule has 0 unspecified atom stereocenters. The molecule has 0 aromatic heterocycles. The second-order valence-corrected chi connectivity index (χ2v) is 0. The van der Waals surface area contributed by atoms with Gasteiger partial charge in [-0.3, -0.25) is 0 Å². The van der Waals surface area contributed by atoms with Gasteiger partial charge in [-0.2, -0.15) is 0 Å². The van der Waals surface area contributed by atoms with Gasteiger partial charge in [0.2, 0.25) is 0 Å². The van der Waals surface area contributed by atoms with Crippen LogP contribution in [0.2, 0.25) is 0 Å². The summed E-state index contributed by atoms with van der Waals surface area (Å²) < 4.78 is 0. The zero-order valence-electron chi connectivity index (χ0n) is 2.38. The molecule has 1 radical (unpaired) electrons. The van der Waals surface area contributed by atoms with Crippen LogP contribution in [-0.2, 0) is 0 Å². The van der Waals surface area contributed by atoms with Crippen molar-refractivity contribution in [3.05, 3.63) is 0 Å². The fraction of sp³-hybridized carbons (Fsp3) is 1.00. The maximum Gasteiger partial charge on any atom is 1.00 e. The van der Waals surface area contributed by atoms with E-state index >= 15 is 0 Å². The Hall–Kier alpha value is 1.12. The fourth-order valence-electron chi connectivity index (χ4n) is 0. The maximum atomic E-state index is 0. The van der Waals surface area contributed by atoms with Crippen LogP contribution in [0.5, 0.6) is 0 Å². The molecule has 0 saturated carbocycles. The third-order valence-corrected chi connectivity index (χ3v) is 0. The smallest absolute Gasteiger partial charge is 1.00 e. The maximum absolute atomic E-state index is 0. The van der Waals surface area contributed by atoms with Crippen molar-refractivity contribution in [2.45, 2.75) is 7.43 Å². The van der Waals surface area contributed by atoms with E-state index in [9.17, 15) is 0 Å². The standard InChI is InChI=1S/CH4.FH.2Li/h1H4;1H;;/q;;;+1/p-1. The van der Waals surface area contributed by atoms with Gasteiger partial charge in [-0.15, -0.1) is 0 Å². The van der Waals surface area contributed by atoms with Crippen LogP contribution in [0, 0.1) is 0 Å². The Bertz CT molecular complexity index is 6.00. The Kier molecular flexibility index (Phi) is 548. The third kappa shape index (κ3) is 11.2. The van der Waals surface area contributed by atoms with Gasteiger partial charge in [0.1, 0.15) is 0 Å². The first kappa shape index (κ1) is 68.9. The fourth-order valence-corrected chi connectivity index (χ4v) is 0. The minimum Gasteiger partial charge on any atom is -1.00 e. The number of halogens is 1. The van der Waals surface area contributed by atoms with Gasteiger partial charge in [-0.1, -0.05) is 7.43 Å². The summed E-state index contributed by atoms with van der Waals surface area (Å²) in [6, 6.07) is 0. The molecular weight excluding hydrogens is 44.9 g/mol. The van der Waals surface area contributed by atoms with Crippen LogP contribution in [-0.4, -0.2) is 18.9 Å². The molecule has 0 spiro atoms. The predicted molar refractivity (Wildman–Crippen MR) is 12.5 cm³/mol. The normalized spacial score (nSPS) is 0. The van der Waals surface area contributed by atoms with Crippen LogP contribution in [0.25, 0.3) is 0 Å². The molecule has 0 N–H and O–H groups in total. The van der Waals surface area contributed by atoms with Crippen LogP contribution < -0.4 is 23.6 Å². The van der Waals surface area contributed by atoms with E-state index < -0.39 is 0 Å². The van der Waals surface area contributed by atoms with Gasteiger partial charge in [-0.05, 0) is 0 Å². The number of hydrogen-bond donors (Lipinski definition) is 0. The average Bonchev–Trinajstić information content (AvgIpc) is 0. The molecule has 0 aromatic rings. The Morgan fingerprint density at radius 1 is 1.00 bits per heavy atom. The molecule has 4 heavy (non-hydrogen) atoms. The van der Waals surface area contributed by atoms with Crippen molar-refractivity contribution in [2.24, 2.45) is 0 Å². The van der Waals surface area contributed by atoms with Crippen LogP contribution in [0.4, 0.5) is 0 Å². The molecule has 0 amide bonds. The summed E-state index contributed by atoms with van der Waals surface area (Å²) in [6.45, 7) is 0. The molecule has 0 atom stereocenters. The van der Waals surface area contributed by atoms with Gasteiger partial charge < -0.3 is 4.70 Å². The van der Waals surface area contributed by atoms with Gasteiger partial charge in [-0.25, -0.2) is 0 Å². The molecule has 0 fully saturated rings. The second kappa shape index (κ2) is 31.8.